The summed E-state index contributed by atoms with van der Waals surface area (Å²) in [6, 6.07) is 72.6. The highest BCUT2D eigenvalue weighted by atomic mass is 16.3. The van der Waals surface area contributed by atoms with E-state index in [1.165, 1.54) is 44.5 Å². The number of hydrogen-bond acceptors (Lipinski definition) is 2. The zero-order chi connectivity index (χ0) is 39.1. The van der Waals surface area contributed by atoms with Crippen LogP contribution in [-0.2, 0) is 5.41 Å². The molecule has 1 aliphatic rings. The lowest BCUT2D eigenvalue weighted by molar-refractivity contribution is 0.670. The normalized spacial score (nSPS) is 13.4. The lowest BCUT2D eigenvalue weighted by atomic mass is 9.66. The minimum Gasteiger partial charge on any atom is -0.455 e. The summed E-state index contributed by atoms with van der Waals surface area (Å²) in [6.45, 7) is 4.43. The first kappa shape index (κ1) is 35.3. The molecule has 8 aromatic carbocycles. The minimum absolute atomic E-state index is 0.475. The van der Waals surface area contributed by atoms with Gasteiger partial charge >= 0.3 is 0 Å². The van der Waals surface area contributed by atoms with Gasteiger partial charge in [-0.3, -0.25) is 0 Å². The third-order valence-corrected chi connectivity index (χ3v) is 11.9. The lowest BCUT2D eigenvalue weighted by Gasteiger charge is -2.36. The van der Waals surface area contributed by atoms with Crippen molar-refractivity contribution in [3.05, 3.63) is 240 Å². The molecule has 0 saturated heterocycles. The van der Waals surface area contributed by atoms with Gasteiger partial charge < -0.3 is 9.32 Å². The SMILES string of the molecule is C/C=C\C1=C(CC)C(c2ccccc2)(c2ccccc2)c2cc(N(c3ccc(-c4cccc5c4oc4ccccc45)cc3)c3ccccc3-c3ccccc3)ccc21. The average molecular weight is 746 g/mol. The van der Waals surface area contributed by atoms with Crippen LogP contribution in [0.3, 0.4) is 0 Å². The zero-order valence-electron chi connectivity index (χ0n) is 32.8. The van der Waals surface area contributed by atoms with Crippen LogP contribution in [0.25, 0.3) is 49.8 Å². The molecule has 0 radical (unpaired) electrons. The zero-order valence-corrected chi connectivity index (χ0v) is 32.8. The van der Waals surface area contributed by atoms with E-state index in [1.807, 2.05) is 12.1 Å². The van der Waals surface area contributed by atoms with Gasteiger partial charge in [0.25, 0.3) is 0 Å². The first-order valence-corrected chi connectivity index (χ1v) is 20.3. The third kappa shape index (κ3) is 5.64. The summed E-state index contributed by atoms with van der Waals surface area (Å²) in [5.41, 5.74) is 17.0. The maximum absolute atomic E-state index is 6.48. The lowest BCUT2D eigenvalue weighted by Crippen LogP contribution is -2.30. The molecule has 9 aromatic rings. The standard InChI is InChI=1S/C56H43NO/c1-3-19-47-48-37-36-44(38-52(48)56(51(47)4-2,41-22-10-6-11-23-41)42-24-12-7-13-25-42)57(53-30-16-14-26-45(53)39-20-8-5-9-21-39)43-34-32-40(33-35-43)46-28-18-29-50-49-27-15-17-31-54(49)58-55(46)50/h3,5-38H,4H2,1-2H3/b19-3-. The van der Waals surface area contributed by atoms with Gasteiger partial charge in [0.15, 0.2) is 0 Å². The van der Waals surface area contributed by atoms with Gasteiger partial charge in [-0.05, 0) is 94.3 Å². The average Bonchev–Trinajstić information content (AvgIpc) is 3.81. The van der Waals surface area contributed by atoms with Gasteiger partial charge in [-0.2, -0.15) is 0 Å². The highest BCUT2D eigenvalue weighted by molar-refractivity contribution is 6.09. The Bertz CT molecular complexity index is 2930. The molecule has 0 amide bonds. The molecule has 0 saturated carbocycles. The molecule has 10 rings (SSSR count). The largest absolute Gasteiger partial charge is 0.455 e. The molecule has 58 heavy (non-hydrogen) atoms. The number of fused-ring (bicyclic) bond motifs is 4. The first-order chi connectivity index (χ1) is 28.7. The van der Waals surface area contributed by atoms with E-state index in [4.69, 9.17) is 4.42 Å². The summed E-state index contributed by atoms with van der Waals surface area (Å²) in [7, 11) is 0. The second kappa shape index (κ2) is 14.7. The second-order valence-electron chi connectivity index (χ2n) is 15.0. The number of nitrogens with zero attached hydrogens (tertiary/aromatic N) is 1. The molecule has 0 N–H and O–H groups in total. The van der Waals surface area contributed by atoms with Crippen LogP contribution in [0.2, 0.25) is 0 Å². The molecule has 0 aliphatic heterocycles. The Morgan fingerprint density at radius 1 is 0.517 bits per heavy atom. The molecule has 2 nitrogen and oxygen atoms in total. The van der Waals surface area contributed by atoms with Crippen molar-refractivity contribution >= 4 is 44.6 Å². The fourth-order valence-corrected chi connectivity index (χ4v) is 9.48. The van der Waals surface area contributed by atoms with Crippen molar-refractivity contribution in [1.82, 2.24) is 0 Å². The molecular formula is C56H43NO. The van der Waals surface area contributed by atoms with Crippen LogP contribution in [0, 0.1) is 0 Å². The topological polar surface area (TPSA) is 16.4 Å². The maximum Gasteiger partial charge on any atom is 0.143 e. The van der Waals surface area contributed by atoms with Crippen molar-refractivity contribution in [2.45, 2.75) is 25.7 Å². The smallest absolute Gasteiger partial charge is 0.143 e. The van der Waals surface area contributed by atoms with E-state index in [9.17, 15) is 0 Å². The van der Waals surface area contributed by atoms with Gasteiger partial charge in [0.2, 0.25) is 0 Å². The summed E-state index contributed by atoms with van der Waals surface area (Å²) in [6.07, 6.45) is 5.41. The van der Waals surface area contributed by atoms with Crippen molar-refractivity contribution in [2.24, 2.45) is 0 Å². The van der Waals surface area contributed by atoms with Crippen LogP contribution in [0.5, 0.6) is 0 Å². The number of benzene rings is 8. The Hall–Kier alpha value is -7.16. The molecule has 1 aromatic heterocycles. The molecule has 0 unspecified atom stereocenters. The summed E-state index contributed by atoms with van der Waals surface area (Å²) in [4.78, 5) is 2.44. The second-order valence-corrected chi connectivity index (χ2v) is 15.0. The van der Waals surface area contributed by atoms with Crippen LogP contribution >= 0.6 is 0 Å². The summed E-state index contributed by atoms with van der Waals surface area (Å²) >= 11 is 0. The molecular weight excluding hydrogens is 703 g/mol. The molecule has 1 heterocycles. The Kier molecular flexibility index (Phi) is 8.96. The van der Waals surface area contributed by atoms with Gasteiger partial charge in [0.1, 0.15) is 11.2 Å². The molecule has 0 bridgehead atoms. The number of furan rings is 1. The van der Waals surface area contributed by atoms with E-state index < -0.39 is 5.41 Å². The number of rotatable bonds is 9. The van der Waals surface area contributed by atoms with Gasteiger partial charge in [0, 0.05) is 33.3 Å². The Balaban J connectivity index is 1.21. The summed E-state index contributed by atoms with van der Waals surface area (Å²) in [5, 5.41) is 2.27. The third-order valence-electron chi connectivity index (χ3n) is 11.9. The molecule has 1 aliphatic carbocycles. The quantitative estimate of drug-likeness (QED) is 0.146. The van der Waals surface area contributed by atoms with Crippen LogP contribution in [-0.4, -0.2) is 0 Å². The van der Waals surface area contributed by atoms with Crippen LogP contribution in [0.15, 0.2) is 222 Å². The van der Waals surface area contributed by atoms with Gasteiger partial charge in [-0.25, -0.2) is 0 Å². The number of hydrogen-bond donors (Lipinski definition) is 0. The Morgan fingerprint density at radius 3 is 1.81 bits per heavy atom. The van der Waals surface area contributed by atoms with Crippen LogP contribution in [0.4, 0.5) is 17.1 Å². The summed E-state index contributed by atoms with van der Waals surface area (Å²) in [5.74, 6) is 0. The molecule has 0 spiro atoms. The molecule has 2 heteroatoms. The van der Waals surface area contributed by atoms with E-state index >= 15 is 0 Å². The van der Waals surface area contributed by atoms with Crippen LogP contribution in [0.1, 0.15) is 42.5 Å². The van der Waals surface area contributed by atoms with E-state index in [-0.39, 0.29) is 0 Å². The molecule has 278 valence electrons. The van der Waals surface area contributed by atoms with Crippen molar-refractivity contribution < 1.29 is 4.42 Å². The number of allylic oxidation sites excluding steroid dienone is 4. The van der Waals surface area contributed by atoms with E-state index in [1.54, 1.807) is 0 Å². The Labute approximate surface area is 340 Å². The fourth-order valence-electron chi connectivity index (χ4n) is 9.48. The highest BCUT2D eigenvalue weighted by Gasteiger charge is 2.46. The van der Waals surface area contributed by atoms with E-state index in [0.717, 1.165) is 56.5 Å². The van der Waals surface area contributed by atoms with Gasteiger partial charge in [-0.15, -0.1) is 0 Å². The minimum atomic E-state index is -0.475. The van der Waals surface area contributed by atoms with Crippen molar-refractivity contribution in [2.75, 3.05) is 4.90 Å². The molecule has 0 fully saturated rings. The highest BCUT2D eigenvalue weighted by Crippen LogP contribution is 2.57. The van der Waals surface area contributed by atoms with E-state index in [2.05, 4.69) is 219 Å². The first-order valence-electron chi connectivity index (χ1n) is 20.3. The summed E-state index contributed by atoms with van der Waals surface area (Å²) < 4.78 is 6.48. The fraction of sp³-hybridized carbons (Fsp3) is 0.0714. The van der Waals surface area contributed by atoms with Crippen LogP contribution < -0.4 is 4.90 Å². The van der Waals surface area contributed by atoms with Gasteiger partial charge in [0.05, 0.1) is 11.1 Å². The maximum atomic E-state index is 6.48. The number of para-hydroxylation sites is 3. The predicted molar refractivity (Wildman–Crippen MR) is 244 cm³/mol. The predicted octanol–water partition coefficient (Wildman–Crippen LogP) is 15.5. The number of anilines is 3. The Morgan fingerprint density at radius 2 is 1.10 bits per heavy atom. The van der Waals surface area contributed by atoms with Crippen molar-refractivity contribution in [1.29, 1.82) is 0 Å². The van der Waals surface area contributed by atoms with E-state index in [0.29, 0.717) is 0 Å². The molecule has 0 atom stereocenters. The van der Waals surface area contributed by atoms with Crippen molar-refractivity contribution in [3.63, 3.8) is 0 Å². The monoisotopic (exact) mass is 745 g/mol. The van der Waals surface area contributed by atoms with Crippen molar-refractivity contribution in [3.8, 4) is 22.3 Å². The van der Waals surface area contributed by atoms with Gasteiger partial charge in [-0.1, -0.05) is 183 Å².